The molecule has 0 aromatic heterocycles. The molecule has 0 bridgehead atoms. The normalized spacial score (nSPS) is 10.4. The predicted molar refractivity (Wildman–Crippen MR) is 84.4 cm³/mol. The second kappa shape index (κ2) is 6.70. The molecule has 2 aromatic rings. The van der Waals surface area contributed by atoms with E-state index in [1.807, 2.05) is 0 Å². The smallest absolute Gasteiger partial charge is 0.251 e. The summed E-state index contributed by atoms with van der Waals surface area (Å²) in [6.45, 7) is 0.115. The lowest BCUT2D eigenvalue weighted by molar-refractivity contribution is 0.0950. The molecule has 1 amide bonds. The maximum atomic E-state index is 13.5. The van der Waals surface area contributed by atoms with Crippen LogP contribution in [0.3, 0.4) is 0 Å². The number of carbonyl (C=O) groups excluding carboxylic acids is 1. The van der Waals surface area contributed by atoms with Crippen molar-refractivity contribution >= 4 is 49.4 Å². The average Bonchev–Trinajstić information content (AvgIpc) is 2.42. The van der Waals surface area contributed by atoms with Crippen LogP contribution in [0.4, 0.5) is 4.39 Å². The topological polar surface area (TPSA) is 29.1 Å². The number of rotatable bonds is 3. The second-order valence-corrected chi connectivity index (χ2v) is 6.22. The first kappa shape index (κ1) is 15.5. The van der Waals surface area contributed by atoms with Crippen molar-refractivity contribution in [3.8, 4) is 0 Å². The Morgan fingerprint density at radius 2 is 1.95 bits per heavy atom. The highest BCUT2D eigenvalue weighted by atomic mass is 79.9. The van der Waals surface area contributed by atoms with Crippen LogP contribution in [0, 0.1) is 5.82 Å². The molecule has 0 heterocycles. The van der Waals surface area contributed by atoms with Gasteiger partial charge in [0.1, 0.15) is 5.82 Å². The molecule has 0 radical (unpaired) electrons. The summed E-state index contributed by atoms with van der Waals surface area (Å²) < 4.78 is 14.9. The van der Waals surface area contributed by atoms with Gasteiger partial charge in [0.2, 0.25) is 0 Å². The van der Waals surface area contributed by atoms with E-state index >= 15 is 0 Å². The molecular formula is C14H9Br2ClFNO. The summed E-state index contributed by atoms with van der Waals surface area (Å²) in [7, 11) is 0. The van der Waals surface area contributed by atoms with Gasteiger partial charge in [0.15, 0.2) is 0 Å². The van der Waals surface area contributed by atoms with Gasteiger partial charge in [0.05, 0.1) is 5.02 Å². The Labute approximate surface area is 137 Å². The molecule has 0 saturated heterocycles. The van der Waals surface area contributed by atoms with Gasteiger partial charge in [-0.25, -0.2) is 4.39 Å². The first-order chi connectivity index (χ1) is 9.47. The van der Waals surface area contributed by atoms with E-state index in [4.69, 9.17) is 11.6 Å². The monoisotopic (exact) mass is 419 g/mol. The molecule has 6 heteroatoms. The van der Waals surface area contributed by atoms with E-state index in [-0.39, 0.29) is 18.3 Å². The van der Waals surface area contributed by atoms with Crippen molar-refractivity contribution < 1.29 is 9.18 Å². The van der Waals surface area contributed by atoms with Crippen LogP contribution in [0.5, 0.6) is 0 Å². The summed E-state index contributed by atoms with van der Waals surface area (Å²) >= 11 is 12.4. The fourth-order valence-electron chi connectivity index (χ4n) is 1.59. The lowest BCUT2D eigenvalue weighted by Crippen LogP contribution is -2.23. The lowest BCUT2D eigenvalue weighted by Gasteiger charge is -2.07. The van der Waals surface area contributed by atoms with E-state index in [2.05, 4.69) is 37.2 Å². The highest BCUT2D eigenvalue weighted by Crippen LogP contribution is 2.23. The number of nitrogens with one attached hydrogen (secondary N) is 1. The molecule has 2 nitrogen and oxygen atoms in total. The zero-order valence-electron chi connectivity index (χ0n) is 10.1. The van der Waals surface area contributed by atoms with Crippen molar-refractivity contribution in [2.75, 3.05) is 0 Å². The average molecular weight is 421 g/mol. The van der Waals surface area contributed by atoms with E-state index < -0.39 is 0 Å². The first-order valence-electron chi connectivity index (χ1n) is 5.64. The Bertz CT molecular complexity index is 664. The van der Waals surface area contributed by atoms with E-state index in [1.165, 1.54) is 6.07 Å². The summed E-state index contributed by atoms with van der Waals surface area (Å²) in [5.41, 5.74) is 0.873. The van der Waals surface area contributed by atoms with Gasteiger partial charge >= 0.3 is 0 Å². The van der Waals surface area contributed by atoms with Crippen LogP contribution in [0.1, 0.15) is 15.9 Å². The van der Waals surface area contributed by atoms with Crippen molar-refractivity contribution in [3.63, 3.8) is 0 Å². The summed E-state index contributed by atoms with van der Waals surface area (Å²) in [5, 5.41) is 3.19. The zero-order chi connectivity index (χ0) is 14.7. The van der Waals surface area contributed by atoms with Gasteiger partial charge in [0, 0.05) is 26.6 Å². The Morgan fingerprint density at radius 1 is 1.20 bits per heavy atom. The molecule has 104 valence electrons. The Kier molecular flexibility index (Phi) is 5.18. The van der Waals surface area contributed by atoms with Crippen LogP contribution >= 0.6 is 43.5 Å². The third-order valence-corrected chi connectivity index (χ3v) is 4.34. The molecule has 2 rings (SSSR count). The zero-order valence-corrected chi connectivity index (χ0v) is 14.0. The summed E-state index contributed by atoms with van der Waals surface area (Å²) in [4.78, 5) is 12.0. The van der Waals surface area contributed by atoms with E-state index in [0.717, 1.165) is 4.47 Å². The number of hydrogen-bond donors (Lipinski definition) is 1. The van der Waals surface area contributed by atoms with Crippen LogP contribution in [-0.2, 0) is 6.54 Å². The van der Waals surface area contributed by atoms with Gasteiger partial charge in [-0.2, -0.15) is 0 Å². The maximum Gasteiger partial charge on any atom is 0.251 e. The number of benzene rings is 2. The molecule has 0 atom stereocenters. The van der Waals surface area contributed by atoms with Gasteiger partial charge < -0.3 is 5.32 Å². The quantitative estimate of drug-likeness (QED) is 0.748. The van der Waals surface area contributed by atoms with Gasteiger partial charge in [-0.3, -0.25) is 4.79 Å². The molecule has 0 aliphatic heterocycles. The van der Waals surface area contributed by atoms with Gasteiger partial charge in [0.25, 0.3) is 5.91 Å². The maximum absolute atomic E-state index is 13.5. The van der Waals surface area contributed by atoms with Crippen LogP contribution < -0.4 is 5.32 Å². The van der Waals surface area contributed by atoms with Crippen molar-refractivity contribution in [3.05, 3.63) is 67.3 Å². The van der Waals surface area contributed by atoms with E-state index in [1.54, 1.807) is 30.3 Å². The van der Waals surface area contributed by atoms with Crippen LogP contribution in [0.25, 0.3) is 0 Å². The van der Waals surface area contributed by atoms with E-state index in [9.17, 15) is 9.18 Å². The largest absolute Gasteiger partial charge is 0.348 e. The van der Waals surface area contributed by atoms with Gasteiger partial charge in [-0.05, 0) is 52.3 Å². The molecule has 20 heavy (non-hydrogen) atoms. The summed E-state index contributed by atoms with van der Waals surface area (Å²) in [5.74, 6) is -0.646. The SMILES string of the molecule is O=C(NCc1cc(Br)ccc1F)c1ccc(Cl)c(Br)c1. The molecule has 0 unspecified atom stereocenters. The van der Waals surface area contributed by atoms with Crippen molar-refractivity contribution in [2.45, 2.75) is 6.54 Å². The molecular weight excluding hydrogens is 412 g/mol. The number of hydrogen-bond acceptors (Lipinski definition) is 1. The van der Waals surface area contributed by atoms with Crippen molar-refractivity contribution in [1.29, 1.82) is 0 Å². The minimum absolute atomic E-state index is 0.115. The highest BCUT2D eigenvalue weighted by Gasteiger charge is 2.09. The number of carbonyl (C=O) groups is 1. The van der Waals surface area contributed by atoms with Crippen molar-refractivity contribution in [2.24, 2.45) is 0 Å². The third-order valence-electron chi connectivity index (χ3n) is 2.63. The second-order valence-electron chi connectivity index (χ2n) is 4.05. The number of halogens is 4. The predicted octanol–water partition coefficient (Wildman–Crippen LogP) is 4.93. The van der Waals surface area contributed by atoms with Crippen LogP contribution in [-0.4, -0.2) is 5.91 Å². The molecule has 0 fully saturated rings. The van der Waals surface area contributed by atoms with Gasteiger partial charge in [-0.15, -0.1) is 0 Å². The Balaban J connectivity index is 2.08. The molecule has 2 aromatic carbocycles. The molecule has 0 spiro atoms. The Hall–Kier alpha value is -0.910. The molecule has 0 aliphatic rings. The van der Waals surface area contributed by atoms with Gasteiger partial charge in [-0.1, -0.05) is 27.5 Å². The molecule has 0 aliphatic carbocycles. The van der Waals surface area contributed by atoms with Crippen LogP contribution in [0.2, 0.25) is 5.02 Å². The highest BCUT2D eigenvalue weighted by molar-refractivity contribution is 9.10. The minimum atomic E-state index is -0.356. The lowest BCUT2D eigenvalue weighted by atomic mass is 10.2. The van der Waals surface area contributed by atoms with Crippen molar-refractivity contribution in [1.82, 2.24) is 5.32 Å². The number of amides is 1. The summed E-state index contributed by atoms with van der Waals surface area (Å²) in [6.07, 6.45) is 0. The standard InChI is InChI=1S/C14H9Br2ClFNO/c15-10-2-4-13(18)9(5-10)7-19-14(20)8-1-3-12(17)11(16)6-8/h1-6H,7H2,(H,19,20). The minimum Gasteiger partial charge on any atom is -0.348 e. The fraction of sp³-hybridized carbons (Fsp3) is 0.0714. The Morgan fingerprint density at radius 3 is 2.65 bits per heavy atom. The first-order valence-corrected chi connectivity index (χ1v) is 7.61. The molecule has 0 saturated carbocycles. The summed E-state index contributed by atoms with van der Waals surface area (Å²) in [6, 6.07) is 9.45. The fourth-order valence-corrected chi connectivity index (χ4v) is 2.50. The molecule has 1 N–H and O–H groups in total. The van der Waals surface area contributed by atoms with Crippen LogP contribution in [0.15, 0.2) is 45.3 Å². The van der Waals surface area contributed by atoms with E-state index in [0.29, 0.717) is 20.6 Å². The third kappa shape index (κ3) is 3.81.